The summed E-state index contributed by atoms with van der Waals surface area (Å²) in [7, 11) is -3.65. The Morgan fingerprint density at radius 1 is 1.38 bits per heavy atom. The Labute approximate surface area is 122 Å². The lowest BCUT2D eigenvalue weighted by atomic mass is 10.1. The molecule has 1 aromatic carbocycles. The highest BCUT2D eigenvalue weighted by Crippen LogP contribution is 2.13. The van der Waals surface area contributed by atoms with E-state index in [-0.39, 0.29) is 17.1 Å². The molecule has 1 heterocycles. The molecule has 0 spiro atoms. The minimum atomic E-state index is -3.65. The van der Waals surface area contributed by atoms with Gasteiger partial charge in [0.25, 0.3) is 0 Å². The zero-order valence-electron chi connectivity index (χ0n) is 11.3. The van der Waals surface area contributed by atoms with Crippen molar-refractivity contribution in [2.24, 2.45) is 0 Å². The van der Waals surface area contributed by atoms with Crippen LogP contribution in [-0.4, -0.2) is 29.7 Å². The molecule has 0 unspecified atom stereocenters. The van der Waals surface area contributed by atoms with E-state index >= 15 is 0 Å². The lowest BCUT2D eigenvalue weighted by Crippen LogP contribution is -2.15. The third-order valence-corrected chi connectivity index (χ3v) is 4.04. The van der Waals surface area contributed by atoms with Crippen molar-refractivity contribution in [3.63, 3.8) is 0 Å². The standard InChI is InChI=1S/C13H15N3O4S/c1-2-11-7-12(15-14-11)16-21(19,20)8-9-4-3-5-10(6-9)13(17)18/h3-7H,2,8H2,1H3,(H,17,18)(H2,14,15,16). The maximum atomic E-state index is 12.0. The molecule has 0 saturated heterocycles. The molecule has 8 heteroatoms. The molecule has 0 amide bonds. The number of hydrogen-bond acceptors (Lipinski definition) is 4. The molecule has 1 aromatic heterocycles. The number of carboxylic acid groups (broad SMARTS) is 1. The predicted octanol–water partition coefficient (Wildman–Crippen LogP) is 1.61. The molecule has 21 heavy (non-hydrogen) atoms. The average molecular weight is 309 g/mol. The van der Waals surface area contributed by atoms with Gasteiger partial charge in [-0.15, -0.1) is 0 Å². The number of sulfonamides is 1. The summed E-state index contributed by atoms with van der Waals surface area (Å²) in [6, 6.07) is 7.44. The monoisotopic (exact) mass is 309 g/mol. The quantitative estimate of drug-likeness (QED) is 0.750. The van der Waals surface area contributed by atoms with Gasteiger partial charge in [-0.3, -0.25) is 9.82 Å². The molecule has 0 aliphatic rings. The minimum absolute atomic E-state index is 0.0516. The molecule has 0 saturated carbocycles. The van der Waals surface area contributed by atoms with E-state index in [0.717, 1.165) is 12.1 Å². The highest BCUT2D eigenvalue weighted by Gasteiger charge is 2.14. The molecular formula is C13H15N3O4S. The normalized spacial score (nSPS) is 11.3. The molecule has 2 aromatic rings. The van der Waals surface area contributed by atoms with E-state index in [1.165, 1.54) is 18.2 Å². The van der Waals surface area contributed by atoms with Gasteiger partial charge in [0.1, 0.15) is 0 Å². The molecular weight excluding hydrogens is 294 g/mol. The van der Waals surface area contributed by atoms with Gasteiger partial charge in [-0.25, -0.2) is 13.2 Å². The molecule has 0 radical (unpaired) electrons. The number of nitrogens with one attached hydrogen (secondary N) is 2. The van der Waals surface area contributed by atoms with E-state index in [0.29, 0.717) is 5.56 Å². The van der Waals surface area contributed by atoms with Gasteiger partial charge < -0.3 is 5.11 Å². The van der Waals surface area contributed by atoms with E-state index in [9.17, 15) is 13.2 Å². The topological polar surface area (TPSA) is 112 Å². The summed E-state index contributed by atoms with van der Waals surface area (Å²) in [6.45, 7) is 1.92. The summed E-state index contributed by atoms with van der Waals surface area (Å²) in [5.41, 5.74) is 1.27. The number of anilines is 1. The molecule has 0 fully saturated rings. The van der Waals surface area contributed by atoms with Gasteiger partial charge >= 0.3 is 5.97 Å². The third kappa shape index (κ3) is 4.06. The van der Waals surface area contributed by atoms with Crippen LogP contribution in [0.5, 0.6) is 0 Å². The lowest BCUT2D eigenvalue weighted by Gasteiger charge is -2.06. The zero-order valence-corrected chi connectivity index (χ0v) is 12.1. The second-order valence-corrected chi connectivity index (χ2v) is 6.22. The van der Waals surface area contributed by atoms with E-state index in [4.69, 9.17) is 5.11 Å². The van der Waals surface area contributed by atoms with Crippen LogP contribution in [0.2, 0.25) is 0 Å². The second-order valence-electron chi connectivity index (χ2n) is 4.50. The fraction of sp³-hybridized carbons (Fsp3) is 0.231. The molecule has 0 bridgehead atoms. The van der Waals surface area contributed by atoms with Crippen molar-refractivity contribution in [3.05, 3.63) is 47.2 Å². The van der Waals surface area contributed by atoms with Gasteiger partial charge in [-0.05, 0) is 24.1 Å². The van der Waals surface area contributed by atoms with E-state index in [2.05, 4.69) is 14.9 Å². The van der Waals surface area contributed by atoms with Gasteiger partial charge in [0.05, 0.1) is 11.3 Å². The van der Waals surface area contributed by atoms with E-state index in [1.807, 2.05) is 6.92 Å². The lowest BCUT2D eigenvalue weighted by molar-refractivity contribution is 0.0696. The predicted molar refractivity (Wildman–Crippen MR) is 77.6 cm³/mol. The summed E-state index contributed by atoms with van der Waals surface area (Å²) in [5, 5.41) is 15.5. The molecule has 2 rings (SSSR count). The average Bonchev–Trinajstić information content (AvgIpc) is 2.85. The molecule has 7 nitrogen and oxygen atoms in total. The highest BCUT2D eigenvalue weighted by atomic mass is 32.2. The summed E-state index contributed by atoms with van der Waals surface area (Å²) >= 11 is 0. The van der Waals surface area contributed by atoms with Crippen LogP contribution in [0.3, 0.4) is 0 Å². The van der Waals surface area contributed by atoms with Gasteiger partial charge in [-0.2, -0.15) is 5.10 Å². The van der Waals surface area contributed by atoms with Crippen molar-refractivity contribution >= 4 is 21.8 Å². The molecule has 112 valence electrons. The van der Waals surface area contributed by atoms with Crippen LogP contribution >= 0.6 is 0 Å². The third-order valence-electron chi connectivity index (χ3n) is 2.80. The first kappa shape index (κ1) is 15.0. The number of aromatic amines is 1. The number of carboxylic acids is 1. The van der Waals surface area contributed by atoms with Crippen LogP contribution in [0, 0.1) is 0 Å². The van der Waals surface area contributed by atoms with Crippen LogP contribution in [0.15, 0.2) is 30.3 Å². The van der Waals surface area contributed by atoms with Crippen LogP contribution < -0.4 is 4.72 Å². The summed E-state index contributed by atoms with van der Waals surface area (Å²) in [5.74, 6) is -1.19. The molecule has 0 atom stereocenters. The van der Waals surface area contributed by atoms with Crippen LogP contribution in [0.1, 0.15) is 28.5 Å². The fourth-order valence-electron chi connectivity index (χ4n) is 1.80. The summed E-state index contributed by atoms with van der Waals surface area (Å²) in [6.07, 6.45) is 0.718. The number of carbonyl (C=O) groups is 1. The SMILES string of the molecule is CCc1cc(NS(=O)(=O)Cc2cccc(C(=O)O)c2)n[nH]1. The Hall–Kier alpha value is -2.35. The molecule has 0 aliphatic carbocycles. The minimum Gasteiger partial charge on any atom is -0.478 e. The Kier molecular flexibility index (Phi) is 4.27. The van der Waals surface area contributed by atoms with Crippen molar-refractivity contribution in [1.29, 1.82) is 0 Å². The largest absolute Gasteiger partial charge is 0.478 e. The Bertz CT molecular complexity index is 752. The fourth-order valence-corrected chi connectivity index (χ4v) is 2.92. The number of hydrogen-bond donors (Lipinski definition) is 3. The smallest absolute Gasteiger partial charge is 0.335 e. The number of aryl methyl sites for hydroxylation is 1. The van der Waals surface area contributed by atoms with Crippen LogP contribution in [-0.2, 0) is 22.2 Å². The van der Waals surface area contributed by atoms with Crippen molar-refractivity contribution in [3.8, 4) is 0 Å². The van der Waals surface area contributed by atoms with Gasteiger partial charge in [-0.1, -0.05) is 19.1 Å². The number of aromatic nitrogens is 2. The van der Waals surface area contributed by atoms with Crippen LogP contribution in [0.4, 0.5) is 5.82 Å². The maximum Gasteiger partial charge on any atom is 0.335 e. The first-order chi connectivity index (χ1) is 9.89. The number of rotatable bonds is 6. The molecule has 3 N–H and O–H groups in total. The summed E-state index contributed by atoms with van der Waals surface area (Å²) < 4.78 is 26.4. The van der Waals surface area contributed by atoms with Gasteiger partial charge in [0.2, 0.25) is 10.0 Å². The Balaban J connectivity index is 2.13. The van der Waals surface area contributed by atoms with Crippen molar-refractivity contribution in [2.45, 2.75) is 19.1 Å². The molecule has 0 aliphatic heterocycles. The van der Waals surface area contributed by atoms with Gasteiger partial charge in [0.15, 0.2) is 5.82 Å². The summed E-state index contributed by atoms with van der Waals surface area (Å²) in [4.78, 5) is 10.9. The first-order valence-corrected chi connectivity index (χ1v) is 7.92. The van der Waals surface area contributed by atoms with E-state index in [1.54, 1.807) is 12.1 Å². The van der Waals surface area contributed by atoms with Crippen molar-refractivity contribution in [2.75, 3.05) is 4.72 Å². The Morgan fingerprint density at radius 2 is 2.14 bits per heavy atom. The first-order valence-electron chi connectivity index (χ1n) is 6.26. The Morgan fingerprint density at radius 3 is 2.76 bits per heavy atom. The second kappa shape index (κ2) is 5.96. The van der Waals surface area contributed by atoms with E-state index < -0.39 is 16.0 Å². The number of H-pyrrole nitrogens is 1. The van der Waals surface area contributed by atoms with Crippen molar-refractivity contribution in [1.82, 2.24) is 10.2 Å². The van der Waals surface area contributed by atoms with Gasteiger partial charge in [0, 0.05) is 11.8 Å². The number of nitrogens with zero attached hydrogens (tertiary/aromatic N) is 1. The maximum absolute atomic E-state index is 12.0. The number of aromatic carboxylic acids is 1. The highest BCUT2D eigenvalue weighted by molar-refractivity contribution is 7.91. The number of benzene rings is 1. The van der Waals surface area contributed by atoms with Crippen LogP contribution in [0.25, 0.3) is 0 Å². The van der Waals surface area contributed by atoms with Crippen molar-refractivity contribution < 1.29 is 18.3 Å². The zero-order chi connectivity index (χ0) is 15.5.